The summed E-state index contributed by atoms with van der Waals surface area (Å²) in [6, 6.07) is -0.283. The van der Waals surface area contributed by atoms with Crippen molar-refractivity contribution in [3.8, 4) is 0 Å². The van der Waals surface area contributed by atoms with Gasteiger partial charge in [0.1, 0.15) is 18.7 Å². The van der Waals surface area contributed by atoms with Crippen molar-refractivity contribution in [2.45, 2.75) is 31.7 Å². The van der Waals surface area contributed by atoms with Gasteiger partial charge in [-0.1, -0.05) is 0 Å². The van der Waals surface area contributed by atoms with E-state index in [0.717, 1.165) is 0 Å². The minimum atomic E-state index is -0.598. The van der Waals surface area contributed by atoms with E-state index in [4.69, 9.17) is 4.74 Å². The topological polar surface area (TPSA) is 128 Å². The van der Waals surface area contributed by atoms with Gasteiger partial charge in [0.05, 0.1) is 12.6 Å². The molecular weight excluding hydrogens is 280 g/mol. The maximum absolute atomic E-state index is 11.9. The molecule has 10 heteroatoms. The van der Waals surface area contributed by atoms with E-state index >= 15 is 0 Å². The first-order valence-corrected chi connectivity index (χ1v) is 6.41. The summed E-state index contributed by atoms with van der Waals surface area (Å²) in [5.74, 6) is 0. The number of H-pyrrole nitrogens is 1. The van der Waals surface area contributed by atoms with Crippen molar-refractivity contribution >= 4 is 0 Å². The molecule has 21 heavy (non-hydrogen) atoms. The average molecular weight is 294 g/mol. The molecular formula is C11H14N6O4. The first-order chi connectivity index (χ1) is 10.1. The smallest absolute Gasteiger partial charge is 0.330 e. The Morgan fingerprint density at radius 1 is 1.52 bits per heavy atom. The van der Waals surface area contributed by atoms with Crippen molar-refractivity contribution in [2.75, 3.05) is 6.61 Å². The Kier molecular flexibility index (Phi) is 3.39. The quantitative estimate of drug-likeness (QED) is 0.694. The second-order valence-corrected chi connectivity index (χ2v) is 4.88. The standard InChI is InChI=1S/C11H14N6O4/c1-6-3-16(11(20)13-10(6)19)9-2-7(8(4-18)21-9)17-5-12-14-15-17/h3,5,7-9,18H,2,4H2,1H3,(H,13,19,20)/t7-,8+,9+/m0/s1. The Bertz CT molecular complexity index is 736. The maximum atomic E-state index is 11.9. The van der Waals surface area contributed by atoms with Crippen LogP contribution >= 0.6 is 0 Å². The molecule has 0 bridgehead atoms. The van der Waals surface area contributed by atoms with Crippen LogP contribution in [-0.4, -0.2) is 47.6 Å². The van der Waals surface area contributed by atoms with Gasteiger partial charge < -0.3 is 9.84 Å². The van der Waals surface area contributed by atoms with E-state index < -0.39 is 23.6 Å². The molecule has 0 aromatic carbocycles. The fourth-order valence-corrected chi connectivity index (χ4v) is 2.45. The van der Waals surface area contributed by atoms with Gasteiger partial charge in [-0.05, 0) is 17.4 Å². The lowest BCUT2D eigenvalue weighted by Gasteiger charge is -2.15. The number of aliphatic hydroxyl groups is 1. The molecule has 0 aliphatic carbocycles. The Morgan fingerprint density at radius 3 is 3.00 bits per heavy atom. The molecule has 0 amide bonds. The van der Waals surface area contributed by atoms with Crippen LogP contribution in [0.4, 0.5) is 0 Å². The van der Waals surface area contributed by atoms with Crippen molar-refractivity contribution < 1.29 is 9.84 Å². The molecule has 1 aliphatic rings. The number of hydrogen-bond donors (Lipinski definition) is 2. The number of rotatable bonds is 3. The third kappa shape index (κ3) is 2.38. The highest BCUT2D eigenvalue weighted by atomic mass is 16.5. The highest BCUT2D eigenvalue weighted by Crippen LogP contribution is 2.35. The average Bonchev–Trinajstić information content (AvgIpc) is 3.10. The van der Waals surface area contributed by atoms with E-state index in [0.29, 0.717) is 12.0 Å². The molecule has 10 nitrogen and oxygen atoms in total. The van der Waals surface area contributed by atoms with Crippen molar-refractivity contribution in [3.05, 3.63) is 38.9 Å². The molecule has 2 aromatic rings. The summed E-state index contributed by atoms with van der Waals surface area (Å²) in [5.41, 5.74) is -0.570. The molecule has 1 saturated heterocycles. The third-order valence-electron chi connectivity index (χ3n) is 3.54. The van der Waals surface area contributed by atoms with Gasteiger partial charge in [-0.3, -0.25) is 14.3 Å². The number of aromatic amines is 1. The lowest BCUT2D eigenvalue weighted by molar-refractivity contribution is -0.0323. The molecule has 0 saturated carbocycles. The number of aliphatic hydroxyl groups excluding tert-OH is 1. The van der Waals surface area contributed by atoms with Crippen LogP contribution in [0.1, 0.15) is 24.3 Å². The van der Waals surface area contributed by atoms with Gasteiger partial charge in [-0.2, -0.15) is 0 Å². The number of nitrogens with zero attached hydrogens (tertiary/aromatic N) is 5. The predicted octanol–water partition coefficient (Wildman–Crippen LogP) is -1.65. The molecule has 0 spiro atoms. The molecule has 3 heterocycles. The Labute approximate surface area is 118 Å². The minimum Gasteiger partial charge on any atom is -0.394 e. The minimum absolute atomic E-state index is 0.224. The van der Waals surface area contributed by atoms with Crippen molar-refractivity contribution in [1.82, 2.24) is 29.8 Å². The highest BCUT2D eigenvalue weighted by Gasteiger charge is 2.38. The van der Waals surface area contributed by atoms with Gasteiger partial charge in [0.25, 0.3) is 5.56 Å². The third-order valence-corrected chi connectivity index (χ3v) is 3.54. The normalized spacial score (nSPS) is 25.3. The fourth-order valence-electron chi connectivity index (χ4n) is 2.45. The van der Waals surface area contributed by atoms with Crippen molar-refractivity contribution in [2.24, 2.45) is 0 Å². The van der Waals surface area contributed by atoms with E-state index in [1.54, 1.807) is 6.92 Å². The highest BCUT2D eigenvalue weighted by molar-refractivity contribution is 5.02. The van der Waals surface area contributed by atoms with Gasteiger partial charge in [0, 0.05) is 18.2 Å². The number of nitrogens with one attached hydrogen (secondary N) is 1. The zero-order valence-electron chi connectivity index (χ0n) is 11.2. The fraction of sp³-hybridized carbons (Fsp3) is 0.545. The molecule has 2 N–H and O–H groups in total. The van der Waals surface area contributed by atoms with Crippen LogP contribution < -0.4 is 11.2 Å². The molecule has 0 unspecified atom stereocenters. The van der Waals surface area contributed by atoms with Crippen LogP contribution in [0.5, 0.6) is 0 Å². The summed E-state index contributed by atoms with van der Waals surface area (Å²) in [6.07, 6.45) is 2.15. The number of tetrazole rings is 1. The van der Waals surface area contributed by atoms with E-state index in [9.17, 15) is 14.7 Å². The zero-order chi connectivity index (χ0) is 15.0. The summed E-state index contributed by atoms with van der Waals surface area (Å²) in [6.45, 7) is 1.38. The zero-order valence-corrected chi connectivity index (χ0v) is 11.2. The number of aryl methyl sites for hydroxylation is 1. The molecule has 1 aliphatic heterocycles. The SMILES string of the molecule is Cc1cn([C@H]2C[C@H](n3cnnn3)[C@@H](CO)O2)c(=O)[nH]c1=O. The van der Waals surface area contributed by atoms with E-state index in [-0.39, 0.29) is 12.6 Å². The molecule has 112 valence electrons. The number of hydrogen-bond acceptors (Lipinski definition) is 7. The largest absolute Gasteiger partial charge is 0.394 e. The number of ether oxygens (including phenoxy) is 1. The van der Waals surface area contributed by atoms with Crippen LogP contribution in [0, 0.1) is 6.92 Å². The van der Waals surface area contributed by atoms with Gasteiger partial charge >= 0.3 is 5.69 Å². The van der Waals surface area contributed by atoms with E-state index in [2.05, 4.69) is 20.5 Å². The van der Waals surface area contributed by atoms with Crippen LogP contribution in [0.3, 0.4) is 0 Å². The molecule has 2 aromatic heterocycles. The van der Waals surface area contributed by atoms with Crippen LogP contribution in [-0.2, 0) is 4.74 Å². The summed E-state index contributed by atoms with van der Waals surface area (Å²) in [5, 5.41) is 20.3. The van der Waals surface area contributed by atoms with Crippen LogP contribution in [0.25, 0.3) is 0 Å². The van der Waals surface area contributed by atoms with Crippen molar-refractivity contribution in [3.63, 3.8) is 0 Å². The monoisotopic (exact) mass is 294 g/mol. The molecule has 1 fully saturated rings. The van der Waals surface area contributed by atoms with Gasteiger partial charge in [0.15, 0.2) is 0 Å². The predicted molar refractivity (Wildman–Crippen MR) is 68.5 cm³/mol. The Balaban J connectivity index is 1.93. The van der Waals surface area contributed by atoms with E-state index in [1.165, 1.54) is 21.8 Å². The first kappa shape index (κ1) is 13.6. The molecule has 3 atom stereocenters. The lowest BCUT2D eigenvalue weighted by atomic mass is 10.1. The summed E-state index contributed by atoms with van der Waals surface area (Å²) in [7, 11) is 0. The first-order valence-electron chi connectivity index (χ1n) is 6.41. The maximum Gasteiger partial charge on any atom is 0.330 e. The van der Waals surface area contributed by atoms with Crippen molar-refractivity contribution in [1.29, 1.82) is 0 Å². The summed E-state index contributed by atoms with van der Waals surface area (Å²) in [4.78, 5) is 25.5. The summed E-state index contributed by atoms with van der Waals surface area (Å²) < 4.78 is 8.48. The van der Waals surface area contributed by atoms with Gasteiger partial charge in [-0.25, -0.2) is 9.48 Å². The molecule has 3 rings (SSSR count). The molecule has 0 radical (unpaired) electrons. The van der Waals surface area contributed by atoms with Crippen LogP contribution in [0.15, 0.2) is 22.1 Å². The Hall–Kier alpha value is -2.33. The summed E-state index contributed by atoms with van der Waals surface area (Å²) >= 11 is 0. The van der Waals surface area contributed by atoms with Gasteiger partial charge in [-0.15, -0.1) is 5.10 Å². The lowest BCUT2D eigenvalue weighted by Crippen LogP contribution is -2.33. The number of aromatic nitrogens is 6. The Morgan fingerprint density at radius 2 is 2.33 bits per heavy atom. The second-order valence-electron chi connectivity index (χ2n) is 4.88. The van der Waals surface area contributed by atoms with Gasteiger partial charge in [0.2, 0.25) is 0 Å². The van der Waals surface area contributed by atoms with E-state index in [1.807, 2.05) is 0 Å². The van der Waals surface area contributed by atoms with Crippen LogP contribution in [0.2, 0.25) is 0 Å². The second kappa shape index (κ2) is 5.22.